The Kier molecular flexibility index (Phi) is 2.12. The molecular weight excluding hydrogens is 190 g/mol. The number of fused-ring (bicyclic) bond motifs is 2. The third-order valence-corrected chi connectivity index (χ3v) is 2.62. The lowest BCUT2D eigenvalue weighted by Gasteiger charge is -2.35. The summed E-state index contributed by atoms with van der Waals surface area (Å²) >= 11 is 0. The second-order valence-electron chi connectivity index (χ2n) is 3.38. The highest BCUT2D eigenvalue weighted by molar-refractivity contribution is 5.10. The van der Waals surface area contributed by atoms with Gasteiger partial charge < -0.3 is 15.3 Å². The van der Waals surface area contributed by atoms with Crippen LogP contribution in [0.15, 0.2) is 15.3 Å². The molecule has 1 saturated carbocycles. The smallest absolute Gasteiger partial charge is 0.125 e. The molecule has 8 nitrogen and oxygen atoms in total. The van der Waals surface area contributed by atoms with Gasteiger partial charge in [0, 0.05) is 4.91 Å². The van der Waals surface area contributed by atoms with E-state index in [1.54, 1.807) is 0 Å². The first kappa shape index (κ1) is 9.35. The average molecular weight is 199 g/mol. The number of hydrogen-bond acceptors (Lipinski definition) is 6. The second-order valence-corrected chi connectivity index (χ2v) is 3.38. The van der Waals surface area contributed by atoms with Crippen molar-refractivity contribution >= 4 is 0 Å². The van der Waals surface area contributed by atoms with E-state index in [4.69, 9.17) is 5.53 Å². The number of azo groups is 1. The van der Waals surface area contributed by atoms with Crippen molar-refractivity contribution < 1.29 is 15.3 Å². The molecule has 8 heteroatoms. The summed E-state index contributed by atoms with van der Waals surface area (Å²) < 4.78 is 0. The molecule has 1 heterocycles. The van der Waals surface area contributed by atoms with Gasteiger partial charge in [-0.2, -0.15) is 10.2 Å². The molecule has 2 rings (SSSR count). The van der Waals surface area contributed by atoms with E-state index in [1.807, 2.05) is 0 Å². The molecule has 3 N–H and O–H groups in total. The zero-order valence-corrected chi connectivity index (χ0v) is 7.04. The van der Waals surface area contributed by atoms with Crippen molar-refractivity contribution in [1.82, 2.24) is 0 Å². The van der Waals surface area contributed by atoms with Gasteiger partial charge in [-0.15, -0.1) is 0 Å². The molecule has 0 radical (unpaired) electrons. The quantitative estimate of drug-likeness (QED) is 0.283. The molecule has 2 aliphatic rings. The van der Waals surface area contributed by atoms with Crippen LogP contribution >= 0.6 is 0 Å². The third-order valence-electron chi connectivity index (χ3n) is 2.62. The van der Waals surface area contributed by atoms with Gasteiger partial charge in [-0.3, -0.25) is 0 Å². The Hall–Kier alpha value is -1.21. The maximum Gasteiger partial charge on any atom is 0.125 e. The van der Waals surface area contributed by atoms with Crippen LogP contribution in [-0.2, 0) is 0 Å². The summed E-state index contributed by atoms with van der Waals surface area (Å²) in [5.74, 6) is 0. The normalized spacial score (nSPS) is 50.2. The first-order chi connectivity index (χ1) is 6.66. The van der Waals surface area contributed by atoms with Gasteiger partial charge in [0.1, 0.15) is 18.2 Å². The maximum absolute atomic E-state index is 9.59. The first-order valence-corrected chi connectivity index (χ1v) is 4.15. The summed E-state index contributed by atoms with van der Waals surface area (Å²) in [5.41, 5.74) is 8.23. The monoisotopic (exact) mass is 199 g/mol. The predicted molar refractivity (Wildman–Crippen MR) is 43.4 cm³/mol. The van der Waals surface area contributed by atoms with Gasteiger partial charge in [-0.25, -0.2) is 0 Å². The van der Waals surface area contributed by atoms with Crippen LogP contribution < -0.4 is 0 Å². The Bertz CT molecular complexity index is 295. The van der Waals surface area contributed by atoms with Gasteiger partial charge in [0.05, 0.1) is 18.2 Å². The Morgan fingerprint density at radius 1 is 1.00 bits per heavy atom. The SMILES string of the molecule is [N-]=[N+]=NC1[C@@H](O)[C@@H]2N=N[C@@H](C2O)[C@H]1O. The minimum absolute atomic E-state index is 0.793. The van der Waals surface area contributed by atoms with E-state index in [0.29, 0.717) is 0 Å². The van der Waals surface area contributed by atoms with Crippen molar-refractivity contribution in [2.45, 2.75) is 36.4 Å². The molecule has 2 bridgehead atoms. The molecule has 1 aliphatic heterocycles. The van der Waals surface area contributed by atoms with Crippen LogP contribution in [0.4, 0.5) is 0 Å². The molecule has 2 unspecified atom stereocenters. The summed E-state index contributed by atoms with van der Waals surface area (Å²) in [4.78, 5) is 2.52. The Morgan fingerprint density at radius 3 is 1.93 bits per heavy atom. The van der Waals surface area contributed by atoms with E-state index in [9.17, 15) is 15.3 Å². The van der Waals surface area contributed by atoms with Gasteiger partial charge in [-0.05, 0) is 5.53 Å². The van der Waals surface area contributed by atoms with Crippen LogP contribution in [0.2, 0.25) is 0 Å². The standard InChI is InChI=1S/C6H9N5O3/c7-11-10-3-5(13)1-4(12)2(6(3)14)9-8-1/h1-6,12-14H/t1-,2+,3?,4?,5+,6-. The fourth-order valence-electron chi connectivity index (χ4n) is 1.84. The van der Waals surface area contributed by atoms with E-state index >= 15 is 0 Å². The lowest BCUT2D eigenvalue weighted by molar-refractivity contribution is -0.0524. The van der Waals surface area contributed by atoms with Crippen molar-refractivity contribution in [2.24, 2.45) is 15.3 Å². The van der Waals surface area contributed by atoms with Gasteiger partial charge in [-0.1, -0.05) is 5.11 Å². The highest BCUT2D eigenvalue weighted by Gasteiger charge is 2.52. The zero-order chi connectivity index (χ0) is 10.3. The van der Waals surface area contributed by atoms with Crippen LogP contribution in [0.25, 0.3) is 10.4 Å². The van der Waals surface area contributed by atoms with Crippen LogP contribution in [0, 0.1) is 0 Å². The average Bonchev–Trinajstić information content (AvgIpc) is 2.48. The van der Waals surface area contributed by atoms with Crippen LogP contribution in [0.3, 0.4) is 0 Å². The molecule has 0 saturated heterocycles. The summed E-state index contributed by atoms with van der Waals surface area (Å²) in [6.07, 6.45) is -3.36. The molecule has 0 spiro atoms. The van der Waals surface area contributed by atoms with Crippen molar-refractivity contribution in [1.29, 1.82) is 0 Å². The molecule has 14 heavy (non-hydrogen) atoms. The fraction of sp³-hybridized carbons (Fsp3) is 1.00. The fourth-order valence-corrected chi connectivity index (χ4v) is 1.84. The predicted octanol–water partition coefficient (Wildman–Crippen LogP) is -1.04. The lowest BCUT2D eigenvalue weighted by Crippen LogP contribution is -2.58. The minimum Gasteiger partial charge on any atom is -0.390 e. The Morgan fingerprint density at radius 2 is 1.50 bits per heavy atom. The molecule has 0 aromatic rings. The second kappa shape index (κ2) is 3.18. The Balaban J connectivity index is 2.30. The number of aliphatic hydroxyl groups excluding tert-OH is 3. The van der Waals surface area contributed by atoms with Gasteiger partial charge >= 0.3 is 0 Å². The highest BCUT2D eigenvalue weighted by Crippen LogP contribution is 2.32. The molecule has 6 atom stereocenters. The van der Waals surface area contributed by atoms with E-state index in [2.05, 4.69) is 20.3 Å². The van der Waals surface area contributed by atoms with Gasteiger partial charge in [0.2, 0.25) is 0 Å². The molecule has 76 valence electrons. The largest absolute Gasteiger partial charge is 0.390 e. The topological polar surface area (TPSA) is 134 Å². The third kappa shape index (κ3) is 1.09. The maximum atomic E-state index is 9.59. The molecule has 0 aromatic carbocycles. The van der Waals surface area contributed by atoms with E-state index < -0.39 is 36.4 Å². The van der Waals surface area contributed by atoms with Crippen molar-refractivity contribution in [3.05, 3.63) is 10.4 Å². The van der Waals surface area contributed by atoms with Crippen molar-refractivity contribution in [3.8, 4) is 0 Å². The lowest BCUT2D eigenvalue weighted by atomic mass is 9.82. The van der Waals surface area contributed by atoms with Crippen LogP contribution in [0.5, 0.6) is 0 Å². The molecule has 1 fully saturated rings. The summed E-state index contributed by atoms with van der Waals surface area (Å²) in [7, 11) is 0. The molecular formula is C6H9N5O3. The number of hydrogen-bond donors (Lipinski definition) is 3. The van der Waals surface area contributed by atoms with E-state index in [0.717, 1.165) is 0 Å². The molecule has 1 aliphatic carbocycles. The molecule has 0 aromatic heterocycles. The minimum atomic E-state index is -1.18. The van der Waals surface area contributed by atoms with E-state index in [1.165, 1.54) is 0 Å². The molecule has 0 amide bonds. The summed E-state index contributed by atoms with van der Waals surface area (Å²) in [6.45, 7) is 0. The highest BCUT2D eigenvalue weighted by atomic mass is 16.3. The number of rotatable bonds is 1. The van der Waals surface area contributed by atoms with Crippen molar-refractivity contribution in [2.75, 3.05) is 0 Å². The summed E-state index contributed by atoms with van der Waals surface area (Å²) in [6, 6.07) is -2.58. The van der Waals surface area contributed by atoms with Crippen LogP contribution in [0.1, 0.15) is 0 Å². The number of aliphatic hydroxyl groups is 3. The first-order valence-electron chi connectivity index (χ1n) is 4.15. The Labute approximate surface area is 78.5 Å². The van der Waals surface area contributed by atoms with Gasteiger partial charge in [0.15, 0.2) is 0 Å². The van der Waals surface area contributed by atoms with Crippen LogP contribution in [-0.4, -0.2) is 51.8 Å². The van der Waals surface area contributed by atoms with E-state index in [-0.39, 0.29) is 0 Å². The van der Waals surface area contributed by atoms with Crippen molar-refractivity contribution in [3.63, 3.8) is 0 Å². The van der Waals surface area contributed by atoms with Gasteiger partial charge in [0.25, 0.3) is 0 Å². The number of nitrogens with zero attached hydrogens (tertiary/aromatic N) is 5. The number of azide groups is 1. The zero-order valence-electron chi connectivity index (χ0n) is 7.04. The summed E-state index contributed by atoms with van der Waals surface area (Å²) in [5, 5.41) is 39.2.